The molecular formula is C32H34F2N6O6. The van der Waals surface area contributed by atoms with E-state index in [0.717, 1.165) is 5.56 Å². The van der Waals surface area contributed by atoms with Crippen LogP contribution in [0.3, 0.4) is 0 Å². The number of ether oxygens (including phenoxy) is 1. The summed E-state index contributed by atoms with van der Waals surface area (Å²) in [6.45, 7) is 2.50. The van der Waals surface area contributed by atoms with Crippen molar-refractivity contribution in [3.8, 4) is 17.0 Å². The lowest BCUT2D eigenvalue weighted by Crippen LogP contribution is -2.58. The Bertz CT molecular complexity index is 1780. The van der Waals surface area contributed by atoms with Gasteiger partial charge in [0, 0.05) is 61.3 Å². The van der Waals surface area contributed by atoms with Gasteiger partial charge in [0.15, 0.2) is 23.0 Å². The summed E-state index contributed by atoms with van der Waals surface area (Å²) in [4.78, 5) is 38.3. The molecule has 4 aromatic rings. The number of β-amino-alcohol motifs (C(OH)–C–C–N with tert-alkyl or cyclic N) is 2. The van der Waals surface area contributed by atoms with E-state index in [9.17, 15) is 33.7 Å². The third-order valence-electron chi connectivity index (χ3n) is 8.74. The first-order valence-electron chi connectivity index (χ1n) is 14.9. The zero-order valence-corrected chi connectivity index (χ0v) is 25.2. The molecule has 3 atom stereocenters. The van der Waals surface area contributed by atoms with Gasteiger partial charge in [0.25, 0.3) is 5.91 Å². The molecule has 0 unspecified atom stereocenters. The number of aliphatic hydroxyl groups excluding tert-OH is 3. The number of rotatable bonds is 6. The smallest absolute Gasteiger partial charge is 0.254 e. The van der Waals surface area contributed by atoms with Gasteiger partial charge in [0.2, 0.25) is 11.7 Å². The van der Waals surface area contributed by atoms with Crippen LogP contribution < -0.4 is 10.1 Å². The molecule has 4 N–H and O–H groups in total. The maximum atomic E-state index is 14.8. The zero-order valence-electron chi connectivity index (χ0n) is 25.2. The van der Waals surface area contributed by atoms with Crippen molar-refractivity contribution in [3.63, 3.8) is 0 Å². The largest absolute Gasteiger partial charge is 0.494 e. The summed E-state index contributed by atoms with van der Waals surface area (Å²) in [5.74, 6) is -2.67. The zero-order chi connectivity index (χ0) is 32.7. The molecule has 0 saturated carbocycles. The Kier molecular flexibility index (Phi) is 8.59. The molecule has 6 rings (SSSR count). The fourth-order valence-corrected chi connectivity index (χ4v) is 6.15. The highest BCUT2D eigenvalue weighted by Crippen LogP contribution is 2.32. The van der Waals surface area contributed by atoms with Gasteiger partial charge in [-0.05, 0) is 55.7 Å². The number of anilines is 2. The van der Waals surface area contributed by atoms with Crippen molar-refractivity contribution in [1.29, 1.82) is 0 Å². The first-order chi connectivity index (χ1) is 22.1. The average Bonchev–Trinajstić information content (AvgIpc) is 3.49. The van der Waals surface area contributed by atoms with Crippen LogP contribution >= 0.6 is 0 Å². The van der Waals surface area contributed by atoms with E-state index < -0.39 is 29.9 Å². The SMILES string of the molecule is COc1ccc(-c2cnc3c(Nc4ccc(C(=O)N5CCC(C(=O)N6C[C@@H](O)[C@@H](O)[C@@H](O)C6)CC5)c(C)c4)nccn23)c(F)c1F. The number of likely N-dealkylation sites (tertiary alicyclic amines) is 2. The minimum atomic E-state index is -1.28. The number of benzene rings is 2. The van der Waals surface area contributed by atoms with Gasteiger partial charge in [0.05, 0.1) is 19.0 Å². The highest BCUT2D eigenvalue weighted by atomic mass is 19.2. The second kappa shape index (κ2) is 12.6. The molecule has 12 nitrogen and oxygen atoms in total. The topological polar surface area (TPSA) is 153 Å². The first-order valence-corrected chi connectivity index (χ1v) is 14.9. The van der Waals surface area contributed by atoms with Crippen LogP contribution in [0.4, 0.5) is 20.3 Å². The van der Waals surface area contributed by atoms with Gasteiger partial charge in [-0.15, -0.1) is 0 Å². The molecular weight excluding hydrogens is 602 g/mol. The Morgan fingerprint density at radius 3 is 2.37 bits per heavy atom. The highest BCUT2D eigenvalue weighted by molar-refractivity contribution is 5.96. The van der Waals surface area contributed by atoms with Crippen molar-refractivity contribution in [1.82, 2.24) is 24.2 Å². The van der Waals surface area contributed by atoms with E-state index in [-0.39, 0.29) is 42.1 Å². The van der Waals surface area contributed by atoms with Crippen LogP contribution in [0.25, 0.3) is 16.9 Å². The van der Waals surface area contributed by atoms with E-state index in [1.807, 2.05) is 6.92 Å². The maximum absolute atomic E-state index is 14.8. The number of halogens is 2. The third-order valence-corrected chi connectivity index (χ3v) is 8.74. The number of hydrogen-bond acceptors (Lipinski definition) is 9. The predicted octanol–water partition coefficient (Wildman–Crippen LogP) is 2.51. The summed E-state index contributed by atoms with van der Waals surface area (Å²) in [6, 6.07) is 8.03. The second-order valence-corrected chi connectivity index (χ2v) is 11.6. The van der Waals surface area contributed by atoms with Crippen molar-refractivity contribution in [2.45, 2.75) is 38.1 Å². The van der Waals surface area contributed by atoms with Gasteiger partial charge in [0.1, 0.15) is 18.3 Å². The minimum Gasteiger partial charge on any atom is -0.494 e. The number of amides is 2. The molecule has 4 heterocycles. The van der Waals surface area contributed by atoms with E-state index >= 15 is 0 Å². The standard InChI is InChI=1S/C32H34F2N6O6/c1-17-13-19(37-29-30-36-14-22(40(30)12-9-35-29)21-5-6-25(46-2)27(34)26(21)33)3-4-20(17)32(45)38-10-7-18(8-11-38)31(44)39-15-23(41)28(43)24(42)16-39/h3-6,9,12-14,18,23-24,28,41-43H,7-8,10-11,15-16H2,1-2H3,(H,35,37)/t23-,24+,28-. The van der Waals surface area contributed by atoms with Crippen LogP contribution in [0.15, 0.2) is 48.9 Å². The number of aliphatic hydroxyl groups is 3. The highest BCUT2D eigenvalue weighted by Gasteiger charge is 2.38. The fourth-order valence-electron chi connectivity index (χ4n) is 6.15. The van der Waals surface area contributed by atoms with E-state index in [0.29, 0.717) is 54.3 Å². The van der Waals surface area contributed by atoms with Gasteiger partial charge >= 0.3 is 0 Å². The van der Waals surface area contributed by atoms with Crippen molar-refractivity contribution >= 4 is 29.0 Å². The number of nitrogens with one attached hydrogen (secondary N) is 1. The van der Waals surface area contributed by atoms with Crippen LogP contribution in [-0.2, 0) is 4.79 Å². The average molecular weight is 637 g/mol. The van der Waals surface area contributed by atoms with Crippen molar-refractivity contribution in [3.05, 3.63) is 71.7 Å². The predicted molar refractivity (Wildman–Crippen MR) is 163 cm³/mol. The summed E-state index contributed by atoms with van der Waals surface area (Å²) >= 11 is 0. The molecule has 0 spiro atoms. The summed E-state index contributed by atoms with van der Waals surface area (Å²) in [7, 11) is 1.26. The number of fused-ring (bicyclic) bond motifs is 1. The van der Waals surface area contributed by atoms with Crippen molar-refractivity contribution < 1.29 is 38.4 Å². The summed E-state index contributed by atoms with van der Waals surface area (Å²) in [5.41, 5.74) is 2.59. The summed E-state index contributed by atoms with van der Waals surface area (Å²) < 4.78 is 35.7. The quantitative estimate of drug-likeness (QED) is 0.250. The molecule has 2 aliphatic heterocycles. The number of piperidine rings is 2. The van der Waals surface area contributed by atoms with Gasteiger partial charge < -0.3 is 35.2 Å². The number of nitrogens with zero attached hydrogens (tertiary/aromatic N) is 5. The Labute approximate surface area is 262 Å². The van der Waals surface area contributed by atoms with Crippen LogP contribution in [-0.4, -0.2) is 103 Å². The van der Waals surface area contributed by atoms with Crippen molar-refractivity contribution in [2.75, 3.05) is 38.6 Å². The van der Waals surface area contributed by atoms with E-state index in [2.05, 4.69) is 15.3 Å². The lowest BCUT2D eigenvalue weighted by Gasteiger charge is -2.40. The third kappa shape index (κ3) is 5.74. The molecule has 0 bridgehead atoms. The summed E-state index contributed by atoms with van der Waals surface area (Å²) in [6.07, 6.45) is 1.75. The Morgan fingerprint density at radius 1 is 0.978 bits per heavy atom. The van der Waals surface area contributed by atoms with Gasteiger partial charge in [-0.2, -0.15) is 4.39 Å². The second-order valence-electron chi connectivity index (χ2n) is 11.6. The van der Waals surface area contributed by atoms with Crippen LogP contribution in [0.5, 0.6) is 5.75 Å². The molecule has 2 aromatic heterocycles. The fraction of sp³-hybridized carbons (Fsp3) is 0.375. The number of carbonyl (C=O) groups is 2. The lowest BCUT2D eigenvalue weighted by molar-refractivity contribution is -0.154. The molecule has 242 valence electrons. The molecule has 2 amide bonds. The maximum Gasteiger partial charge on any atom is 0.254 e. The minimum absolute atomic E-state index is 0.0130. The lowest BCUT2D eigenvalue weighted by atomic mass is 9.92. The molecule has 0 aliphatic carbocycles. The molecule has 46 heavy (non-hydrogen) atoms. The number of aryl methyl sites for hydroxylation is 1. The molecule has 2 aromatic carbocycles. The number of imidazole rings is 1. The molecule has 0 radical (unpaired) electrons. The first kappa shape index (κ1) is 31.3. The van der Waals surface area contributed by atoms with Gasteiger partial charge in [-0.25, -0.2) is 14.4 Å². The van der Waals surface area contributed by atoms with Gasteiger partial charge in [-0.3, -0.25) is 14.0 Å². The number of aromatic nitrogens is 3. The molecule has 14 heteroatoms. The number of methoxy groups -OCH3 is 1. The van der Waals surface area contributed by atoms with E-state index in [4.69, 9.17) is 4.74 Å². The summed E-state index contributed by atoms with van der Waals surface area (Å²) in [5, 5.41) is 32.9. The Hall–Kier alpha value is -4.66. The van der Waals surface area contributed by atoms with Crippen LogP contribution in [0, 0.1) is 24.5 Å². The van der Waals surface area contributed by atoms with E-state index in [1.54, 1.807) is 33.7 Å². The number of hydrogen-bond donors (Lipinski definition) is 4. The Morgan fingerprint density at radius 2 is 1.70 bits per heavy atom. The van der Waals surface area contributed by atoms with Crippen LogP contribution in [0.2, 0.25) is 0 Å². The normalized spacial score (nSPS) is 20.6. The van der Waals surface area contributed by atoms with Gasteiger partial charge in [-0.1, -0.05) is 0 Å². The monoisotopic (exact) mass is 636 g/mol. The molecule has 2 saturated heterocycles. The Balaban J connectivity index is 1.12. The number of carbonyl (C=O) groups excluding carboxylic acids is 2. The molecule has 2 fully saturated rings. The van der Waals surface area contributed by atoms with E-state index in [1.165, 1.54) is 36.5 Å². The van der Waals surface area contributed by atoms with Crippen LogP contribution in [0.1, 0.15) is 28.8 Å². The van der Waals surface area contributed by atoms with Crippen molar-refractivity contribution in [2.24, 2.45) is 5.92 Å². The molecule has 2 aliphatic rings.